The third-order valence-corrected chi connectivity index (χ3v) is 3.61. The van der Waals surface area contributed by atoms with Gasteiger partial charge in [0.25, 0.3) is 0 Å². The molecule has 1 aliphatic heterocycles. The first-order valence-corrected chi connectivity index (χ1v) is 6.96. The highest BCUT2D eigenvalue weighted by Gasteiger charge is 2.19. The zero-order chi connectivity index (χ0) is 13.9. The third kappa shape index (κ3) is 2.76. The summed E-state index contributed by atoms with van der Waals surface area (Å²) in [5.74, 6) is -0.465. The van der Waals surface area contributed by atoms with E-state index in [2.05, 4.69) is 4.98 Å². The lowest BCUT2D eigenvalue weighted by molar-refractivity contribution is 0.0157. The van der Waals surface area contributed by atoms with E-state index in [0.717, 1.165) is 24.8 Å². The van der Waals surface area contributed by atoms with Crippen molar-refractivity contribution >= 4 is 28.5 Å². The predicted molar refractivity (Wildman–Crippen MR) is 76.0 cm³/mol. The highest BCUT2D eigenvalue weighted by Crippen LogP contribution is 2.23. The average molecular weight is 292 g/mol. The smallest absolute Gasteiger partial charge is 0.357 e. The Labute approximate surface area is 121 Å². The first kappa shape index (κ1) is 13.3. The standard InChI is InChI=1S/C15H14ClNO3/c16-12-8-14(17-13-6-2-1-5-11(12)13)15(18)20-9-10-4-3-7-19-10/h1-2,5-6,8,10H,3-4,7,9H2. The molecule has 1 saturated heterocycles. The molecule has 0 radical (unpaired) electrons. The molecule has 4 nitrogen and oxygen atoms in total. The number of carbonyl (C=O) groups excluding carboxylic acids is 1. The second-order valence-corrected chi connectivity index (χ2v) is 5.15. The summed E-state index contributed by atoms with van der Waals surface area (Å²) in [4.78, 5) is 16.3. The number of rotatable bonds is 3. The Morgan fingerprint density at radius 1 is 1.45 bits per heavy atom. The molecule has 1 aromatic carbocycles. The number of para-hydroxylation sites is 1. The second kappa shape index (κ2) is 5.77. The molecule has 3 rings (SSSR count). The van der Waals surface area contributed by atoms with Gasteiger partial charge in [-0.3, -0.25) is 0 Å². The molecule has 1 atom stereocenters. The summed E-state index contributed by atoms with van der Waals surface area (Å²) in [7, 11) is 0. The molecule has 1 aliphatic rings. The predicted octanol–water partition coefficient (Wildman–Crippen LogP) is 3.22. The molecule has 0 spiro atoms. The number of carbonyl (C=O) groups is 1. The number of nitrogens with zero attached hydrogens (tertiary/aromatic N) is 1. The molecule has 1 fully saturated rings. The van der Waals surface area contributed by atoms with Gasteiger partial charge in [0.05, 0.1) is 16.6 Å². The van der Waals surface area contributed by atoms with Gasteiger partial charge < -0.3 is 9.47 Å². The number of hydrogen-bond donors (Lipinski definition) is 0. The molecule has 20 heavy (non-hydrogen) atoms. The number of halogens is 1. The van der Waals surface area contributed by atoms with Gasteiger partial charge in [0.1, 0.15) is 6.61 Å². The topological polar surface area (TPSA) is 48.4 Å². The van der Waals surface area contributed by atoms with Gasteiger partial charge in [-0.05, 0) is 25.0 Å². The molecule has 0 saturated carbocycles. The van der Waals surface area contributed by atoms with Gasteiger partial charge in [0.15, 0.2) is 5.69 Å². The minimum atomic E-state index is -0.465. The SMILES string of the molecule is O=C(OCC1CCCO1)c1cc(Cl)c2ccccc2n1. The Hall–Kier alpha value is -1.65. The van der Waals surface area contributed by atoms with Crippen molar-refractivity contribution < 1.29 is 14.3 Å². The number of hydrogen-bond acceptors (Lipinski definition) is 4. The summed E-state index contributed by atoms with van der Waals surface area (Å²) < 4.78 is 10.6. The molecule has 1 unspecified atom stereocenters. The monoisotopic (exact) mass is 291 g/mol. The first-order valence-electron chi connectivity index (χ1n) is 6.58. The van der Waals surface area contributed by atoms with Crippen molar-refractivity contribution in [2.24, 2.45) is 0 Å². The van der Waals surface area contributed by atoms with Crippen LogP contribution in [-0.4, -0.2) is 30.3 Å². The third-order valence-electron chi connectivity index (χ3n) is 3.30. The fraction of sp³-hybridized carbons (Fsp3) is 0.333. The van der Waals surface area contributed by atoms with Crippen molar-refractivity contribution in [1.29, 1.82) is 0 Å². The minimum absolute atomic E-state index is 0.00915. The molecule has 0 aliphatic carbocycles. The van der Waals surface area contributed by atoms with Crippen LogP contribution in [0.3, 0.4) is 0 Å². The average Bonchev–Trinajstić information content (AvgIpc) is 2.98. The van der Waals surface area contributed by atoms with E-state index in [1.807, 2.05) is 24.3 Å². The minimum Gasteiger partial charge on any atom is -0.458 e. The number of aromatic nitrogens is 1. The van der Waals surface area contributed by atoms with Crippen LogP contribution in [0.1, 0.15) is 23.3 Å². The molecular weight excluding hydrogens is 278 g/mol. The normalized spacial score (nSPS) is 18.4. The quantitative estimate of drug-likeness (QED) is 0.815. The number of ether oxygens (including phenoxy) is 2. The molecule has 0 amide bonds. The number of benzene rings is 1. The van der Waals surface area contributed by atoms with Crippen molar-refractivity contribution in [2.75, 3.05) is 13.2 Å². The molecule has 2 heterocycles. The Morgan fingerprint density at radius 3 is 3.10 bits per heavy atom. The van der Waals surface area contributed by atoms with Crippen LogP contribution in [0.4, 0.5) is 0 Å². The summed E-state index contributed by atoms with van der Waals surface area (Å²) in [6.07, 6.45) is 1.96. The van der Waals surface area contributed by atoms with Crippen molar-refractivity contribution in [3.8, 4) is 0 Å². The lowest BCUT2D eigenvalue weighted by Gasteiger charge is -2.10. The summed E-state index contributed by atoms with van der Waals surface area (Å²) in [6, 6.07) is 8.96. The van der Waals surface area contributed by atoms with Gasteiger partial charge in [-0.25, -0.2) is 9.78 Å². The van der Waals surface area contributed by atoms with E-state index in [1.54, 1.807) is 6.07 Å². The van der Waals surface area contributed by atoms with E-state index in [-0.39, 0.29) is 18.4 Å². The molecule has 104 valence electrons. The maximum atomic E-state index is 12.0. The number of fused-ring (bicyclic) bond motifs is 1. The van der Waals surface area contributed by atoms with Crippen molar-refractivity contribution in [2.45, 2.75) is 18.9 Å². The van der Waals surface area contributed by atoms with E-state index in [4.69, 9.17) is 21.1 Å². The highest BCUT2D eigenvalue weighted by atomic mass is 35.5. The number of pyridine rings is 1. The van der Waals surface area contributed by atoms with Crippen molar-refractivity contribution in [1.82, 2.24) is 4.98 Å². The van der Waals surface area contributed by atoms with E-state index in [1.165, 1.54) is 0 Å². The van der Waals surface area contributed by atoms with Crippen LogP contribution >= 0.6 is 11.6 Å². The fourth-order valence-corrected chi connectivity index (χ4v) is 2.52. The van der Waals surface area contributed by atoms with Crippen molar-refractivity contribution in [3.05, 3.63) is 41.0 Å². The van der Waals surface area contributed by atoms with Gasteiger partial charge in [-0.1, -0.05) is 29.8 Å². The van der Waals surface area contributed by atoms with Crippen LogP contribution in [0.15, 0.2) is 30.3 Å². The molecule has 0 N–H and O–H groups in total. The summed E-state index contributed by atoms with van der Waals surface area (Å²) in [6.45, 7) is 1.01. The van der Waals surface area contributed by atoms with Crippen LogP contribution in [-0.2, 0) is 9.47 Å². The van der Waals surface area contributed by atoms with E-state index < -0.39 is 5.97 Å². The molecule has 2 aromatic rings. The van der Waals surface area contributed by atoms with Gasteiger partial charge in [0.2, 0.25) is 0 Å². The van der Waals surface area contributed by atoms with Crippen LogP contribution in [0, 0.1) is 0 Å². The van der Waals surface area contributed by atoms with E-state index in [9.17, 15) is 4.79 Å². The lowest BCUT2D eigenvalue weighted by atomic mass is 10.2. The summed E-state index contributed by atoms with van der Waals surface area (Å²) in [5.41, 5.74) is 0.913. The van der Waals surface area contributed by atoms with Gasteiger partial charge in [-0.15, -0.1) is 0 Å². The van der Waals surface area contributed by atoms with Crippen LogP contribution in [0.5, 0.6) is 0 Å². The van der Waals surface area contributed by atoms with Gasteiger partial charge in [0, 0.05) is 12.0 Å². The van der Waals surface area contributed by atoms with E-state index in [0.29, 0.717) is 10.5 Å². The van der Waals surface area contributed by atoms with Crippen LogP contribution < -0.4 is 0 Å². The molecule has 0 bridgehead atoms. The van der Waals surface area contributed by atoms with Crippen LogP contribution in [0.2, 0.25) is 5.02 Å². The second-order valence-electron chi connectivity index (χ2n) is 4.74. The Balaban J connectivity index is 1.77. The van der Waals surface area contributed by atoms with Crippen molar-refractivity contribution in [3.63, 3.8) is 0 Å². The molecule has 5 heteroatoms. The molecule has 1 aromatic heterocycles. The van der Waals surface area contributed by atoms with Gasteiger partial charge in [-0.2, -0.15) is 0 Å². The Kier molecular flexibility index (Phi) is 3.85. The highest BCUT2D eigenvalue weighted by molar-refractivity contribution is 6.35. The zero-order valence-corrected chi connectivity index (χ0v) is 11.6. The first-order chi connectivity index (χ1) is 9.74. The van der Waals surface area contributed by atoms with Gasteiger partial charge >= 0.3 is 5.97 Å². The maximum Gasteiger partial charge on any atom is 0.357 e. The lowest BCUT2D eigenvalue weighted by Crippen LogP contribution is -2.18. The van der Waals surface area contributed by atoms with Crippen LogP contribution in [0.25, 0.3) is 10.9 Å². The summed E-state index contributed by atoms with van der Waals surface area (Å²) >= 11 is 6.16. The maximum absolute atomic E-state index is 12.0. The summed E-state index contributed by atoms with van der Waals surface area (Å²) in [5, 5.41) is 1.32. The largest absolute Gasteiger partial charge is 0.458 e. The molecular formula is C15H14ClNO3. The fourth-order valence-electron chi connectivity index (χ4n) is 2.26. The number of esters is 1. The zero-order valence-electron chi connectivity index (χ0n) is 10.8. The van der Waals surface area contributed by atoms with E-state index >= 15 is 0 Å². The Morgan fingerprint density at radius 2 is 2.30 bits per heavy atom. The Bertz CT molecular complexity index is 638.